The third kappa shape index (κ3) is 3.82. The molecular weight excluding hydrogens is 306 g/mol. The zero-order valence-electron chi connectivity index (χ0n) is 12.5. The Morgan fingerprint density at radius 1 is 1.50 bits per heavy atom. The third-order valence-electron chi connectivity index (χ3n) is 4.00. The number of hydrogen-bond donors (Lipinski definition) is 1. The molecular formula is C14H21N3O4S. The second-order valence-electron chi connectivity index (χ2n) is 5.73. The minimum absolute atomic E-state index is 0.0803. The van der Waals surface area contributed by atoms with Gasteiger partial charge in [0, 0.05) is 19.3 Å². The van der Waals surface area contributed by atoms with Crippen molar-refractivity contribution in [2.75, 3.05) is 32.6 Å². The lowest BCUT2D eigenvalue weighted by Gasteiger charge is -2.32. The normalized spacial score (nSPS) is 29.4. The van der Waals surface area contributed by atoms with E-state index in [4.69, 9.17) is 9.47 Å². The van der Waals surface area contributed by atoms with E-state index in [1.165, 1.54) is 6.26 Å². The van der Waals surface area contributed by atoms with E-state index >= 15 is 0 Å². The summed E-state index contributed by atoms with van der Waals surface area (Å²) in [6.45, 7) is 3.05. The van der Waals surface area contributed by atoms with Gasteiger partial charge in [0.2, 0.25) is 10.0 Å². The van der Waals surface area contributed by atoms with E-state index in [0.29, 0.717) is 26.4 Å². The highest BCUT2D eigenvalue weighted by atomic mass is 32.2. The number of nitrogens with one attached hydrogen (secondary N) is 1. The summed E-state index contributed by atoms with van der Waals surface area (Å²) >= 11 is 0. The van der Waals surface area contributed by atoms with Crippen molar-refractivity contribution < 1.29 is 17.9 Å². The molecule has 0 amide bonds. The predicted molar refractivity (Wildman–Crippen MR) is 80.8 cm³/mol. The first kappa shape index (κ1) is 15.8. The molecule has 1 aromatic heterocycles. The Kier molecular flexibility index (Phi) is 4.74. The van der Waals surface area contributed by atoms with Crippen molar-refractivity contribution in [3.8, 4) is 0 Å². The maximum absolute atomic E-state index is 11.6. The minimum Gasteiger partial charge on any atom is -0.378 e. The first-order valence-electron chi connectivity index (χ1n) is 7.33. The SMILES string of the molecule is CS(=O)(=O)NC1CN2CCOCC2C1OCc1ccccn1. The summed E-state index contributed by atoms with van der Waals surface area (Å²) in [6.07, 6.45) is 2.66. The van der Waals surface area contributed by atoms with Crippen LogP contribution in [0.15, 0.2) is 24.4 Å². The van der Waals surface area contributed by atoms with Crippen molar-refractivity contribution in [1.82, 2.24) is 14.6 Å². The summed E-state index contributed by atoms with van der Waals surface area (Å²) in [5.74, 6) is 0. The minimum atomic E-state index is -3.28. The van der Waals surface area contributed by atoms with Gasteiger partial charge in [-0.2, -0.15) is 0 Å². The second kappa shape index (κ2) is 6.59. The molecule has 3 rings (SSSR count). The molecule has 2 aliphatic heterocycles. The Morgan fingerprint density at radius 2 is 2.36 bits per heavy atom. The summed E-state index contributed by atoms with van der Waals surface area (Å²) < 4.78 is 37.4. The van der Waals surface area contributed by atoms with Crippen LogP contribution in [-0.2, 0) is 26.1 Å². The van der Waals surface area contributed by atoms with Crippen LogP contribution in [0.3, 0.4) is 0 Å². The van der Waals surface area contributed by atoms with Crippen molar-refractivity contribution in [1.29, 1.82) is 0 Å². The summed E-state index contributed by atoms with van der Waals surface area (Å²) in [5, 5.41) is 0. The van der Waals surface area contributed by atoms with E-state index in [9.17, 15) is 8.42 Å². The molecule has 3 unspecified atom stereocenters. The first-order chi connectivity index (χ1) is 10.5. The highest BCUT2D eigenvalue weighted by Crippen LogP contribution is 2.25. The molecule has 0 aliphatic carbocycles. The Morgan fingerprint density at radius 3 is 3.09 bits per heavy atom. The van der Waals surface area contributed by atoms with Gasteiger partial charge in [0.1, 0.15) is 0 Å². The molecule has 8 heteroatoms. The van der Waals surface area contributed by atoms with Gasteiger partial charge in [-0.05, 0) is 12.1 Å². The number of rotatable bonds is 5. The van der Waals surface area contributed by atoms with Gasteiger partial charge in [-0.15, -0.1) is 0 Å². The topological polar surface area (TPSA) is 80.8 Å². The van der Waals surface area contributed by atoms with Crippen LogP contribution in [0.4, 0.5) is 0 Å². The Bertz CT molecular complexity index is 595. The zero-order valence-corrected chi connectivity index (χ0v) is 13.3. The summed E-state index contributed by atoms with van der Waals surface area (Å²) in [7, 11) is -3.28. The van der Waals surface area contributed by atoms with Crippen LogP contribution in [0, 0.1) is 0 Å². The molecule has 0 saturated carbocycles. The molecule has 3 heterocycles. The van der Waals surface area contributed by atoms with E-state index in [1.54, 1.807) is 6.20 Å². The van der Waals surface area contributed by atoms with E-state index < -0.39 is 10.0 Å². The van der Waals surface area contributed by atoms with Crippen molar-refractivity contribution in [2.24, 2.45) is 0 Å². The molecule has 0 aromatic carbocycles. The molecule has 122 valence electrons. The van der Waals surface area contributed by atoms with E-state index in [0.717, 1.165) is 12.2 Å². The number of ether oxygens (including phenoxy) is 2. The quantitative estimate of drug-likeness (QED) is 0.792. The molecule has 2 fully saturated rings. The van der Waals surface area contributed by atoms with Crippen LogP contribution >= 0.6 is 0 Å². The number of nitrogens with zero attached hydrogens (tertiary/aromatic N) is 2. The number of aromatic nitrogens is 1. The molecule has 2 aliphatic rings. The van der Waals surface area contributed by atoms with Gasteiger partial charge in [-0.1, -0.05) is 6.07 Å². The van der Waals surface area contributed by atoms with E-state index in [-0.39, 0.29) is 18.2 Å². The molecule has 1 aromatic rings. The number of morpholine rings is 1. The lowest BCUT2D eigenvalue weighted by Crippen LogP contribution is -2.48. The fourth-order valence-electron chi connectivity index (χ4n) is 3.08. The summed E-state index contributed by atoms with van der Waals surface area (Å²) in [4.78, 5) is 6.47. The van der Waals surface area contributed by atoms with Crippen LogP contribution in [0.1, 0.15) is 5.69 Å². The molecule has 3 atom stereocenters. The van der Waals surface area contributed by atoms with Crippen molar-refractivity contribution in [3.05, 3.63) is 30.1 Å². The van der Waals surface area contributed by atoms with Crippen LogP contribution < -0.4 is 4.72 Å². The lowest BCUT2D eigenvalue weighted by molar-refractivity contribution is -0.0531. The standard InChI is InChI=1S/C14H21N3O4S/c1-22(18,19)16-12-8-17-6-7-20-10-13(17)14(12)21-9-11-4-2-3-5-15-11/h2-5,12-14,16H,6-10H2,1H3. The number of hydrogen-bond acceptors (Lipinski definition) is 6. The Hall–Kier alpha value is -1.06. The molecule has 0 bridgehead atoms. The lowest BCUT2D eigenvalue weighted by atomic mass is 10.1. The molecule has 1 N–H and O–H groups in total. The molecule has 7 nitrogen and oxygen atoms in total. The number of pyridine rings is 1. The van der Waals surface area contributed by atoms with E-state index in [2.05, 4.69) is 14.6 Å². The van der Waals surface area contributed by atoms with Gasteiger partial charge < -0.3 is 9.47 Å². The Labute approximate surface area is 130 Å². The summed E-state index contributed by atoms with van der Waals surface area (Å²) in [6, 6.07) is 5.47. The first-order valence-corrected chi connectivity index (χ1v) is 9.23. The second-order valence-corrected chi connectivity index (χ2v) is 7.51. The highest BCUT2D eigenvalue weighted by Gasteiger charge is 2.45. The van der Waals surface area contributed by atoms with Crippen molar-refractivity contribution >= 4 is 10.0 Å². The van der Waals surface area contributed by atoms with Gasteiger partial charge in [-0.3, -0.25) is 9.88 Å². The monoisotopic (exact) mass is 327 g/mol. The third-order valence-corrected chi connectivity index (χ3v) is 4.73. The van der Waals surface area contributed by atoms with Crippen LogP contribution in [-0.4, -0.2) is 69.0 Å². The van der Waals surface area contributed by atoms with Gasteiger partial charge in [0.05, 0.1) is 50.0 Å². The maximum Gasteiger partial charge on any atom is 0.209 e. The van der Waals surface area contributed by atoms with Gasteiger partial charge in [0.25, 0.3) is 0 Å². The smallest absolute Gasteiger partial charge is 0.209 e. The molecule has 22 heavy (non-hydrogen) atoms. The van der Waals surface area contributed by atoms with Gasteiger partial charge >= 0.3 is 0 Å². The maximum atomic E-state index is 11.6. The van der Waals surface area contributed by atoms with Crippen LogP contribution in [0.25, 0.3) is 0 Å². The molecule has 2 saturated heterocycles. The molecule has 0 radical (unpaired) electrons. The zero-order chi connectivity index (χ0) is 15.6. The summed E-state index contributed by atoms with van der Waals surface area (Å²) in [5.41, 5.74) is 0.829. The Balaban J connectivity index is 1.71. The average molecular weight is 327 g/mol. The van der Waals surface area contributed by atoms with Crippen LogP contribution in [0.5, 0.6) is 0 Å². The van der Waals surface area contributed by atoms with Crippen LogP contribution in [0.2, 0.25) is 0 Å². The van der Waals surface area contributed by atoms with Gasteiger partial charge in [-0.25, -0.2) is 13.1 Å². The van der Waals surface area contributed by atoms with Gasteiger partial charge in [0.15, 0.2) is 0 Å². The highest BCUT2D eigenvalue weighted by molar-refractivity contribution is 7.88. The number of sulfonamides is 1. The van der Waals surface area contributed by atoms with Crippen molar-refractivity contribution in [3.63, 3.8) is 0 Å². The van der Waals surface area contributed by atoms with Crippen molar-refractivity contribution in [2.45, 2.75) is 24.8 Å². The van der Waals surface area contributed by atoms with E-state index in [1.807, 2.05) is 18.2 Å². The average Bonchev–Trinajstić information content (AvgIpc) is 2.81. The fraction of sp³-hybridized carbons (Fsp3) is 0.643. The predicted octanol–water partition coefficient (Wildman–Crippen LogP) is -0.401. The fourth-order valence-corrected chi connectivity index (χ4v) is 3.84. The molecule has 0 spiro atoms. The largest absolute Gasteiger partial charge is 0.378 e. The number of fused-ring (bicyclic) bond motifs is 1.